The van der Waals surface area contributed by atoms with Gasteiger partial charge >= 0.3 is 0 Å². The molecule has 1 N–H and O–H groups in total. The van der Waals surface area contributed by atoms with Crippen LogP contribution in [0.1, 0.15) is 45.4 Å². The number of para-hydroxylation sites is 2. The fraction of sp³-hybridized carbons (Fsp3) is 0.625. The molecule has 2 fully saturated rings. The Kier molecular flexibility index (Phi) is 7.22. The molecule has 2 aliphatic heterocycles. The molecule has 1 aromatic heterocycles. The van der Waals surface area contributed by atoms with Crippen molar-refractivity contribution in [2.45, 2.75) is 52.0 Å². The molecule has 0 bridgehead atoms. The Morgan fingerprint density at radius 1 is 1.06 bits per heavy atom. The highest BCUT2D eigenvalue weighted by molar-refractivity contribution is 5.79. The molecule has 1 amide bonds. The fourth-order valence-electron chi connectivity index (χ4n) is 4.89. The van der Waals surface area contributed by atoms with Crippen LogP contribution in [-0.4, -0.2) is 59.6 Å². The van der Waals surface area contributed by atoms with Gasteiger partial charge in [-0.3, -0.25) is 9.59 Å². The number of piperidine rings is 1. The molecule has 0 spiro atoms. The highest BCUT2D eigenvalue weighted by atomic mass is 16.2. The Bertz CT molecular complexity index is 941. The Balaban J connectivity index is 1.33. The van der Waals surface area contributed by atoms with E-state index in [2.05, 4.69) is 20.1 Å². The van der Waals surface area contributed by atoms with Gasteiger partial charge in [0.15, 0.2) is 5.82 Å². The van der Waals surface area contributed by atoms with Gasteiger partial charge in [0, 0.05) is 38.6 Å². The topological polar surface area (TPSA) is 70.5 Å². The zero-order chi connectivity index (χ0) is 21.6. The molecule has 1 aromatic carbocycles. The summed E-state index contributed by atoms with van der Waals surface area (Å²) in [4.78, 5) is 34.9. The lowest BCUT2D eigenvalue weighted by Gasteiger charge is -2.32. The molecule has 3 heterocycles. The maximum atomic E-state index is 13.0. The highest BCUT2D eigenvalue weighted by Gasteiger charge is 2.27. The van der Waals surface area contributed by atoms with Crippen molar-refractivity contribution in [3.05, 3.63) is 34.6 Å². The number of hydrogen-bond acceptors (Lipinski definition) is 5. The third-order valence-corrected chi connectivity index (χ3v) is 6.74. The quantitative estimate of drug-likeness (QED) is 0.770. The van der Waals surface area contributed by atoms with E-state index in [4.69, 9.17) is 0 Å². The average Bonchev–Trinajstić information content (AvgIpc) is 3.08. The van der Waals surface area contributed by atoms with Gasteiger partial charge in [-0.25, -0.2) is 4.98 Å². The monoisotopic (exact) mass is 425 g/mol. The molecule has 31 heavy (non-hydrogen) atoms. The molecule has 7 heteroatoms. The summed E-state index contributed by atoms with van der Waals surface area (Å²) < 4.78 is 1.79. The summed E-state index contributed by atoms with van der Waals surface area (Å²) in [6.45, 7) is 7.97. The fourth-order valence-corrected chi connectivity index (χ4v) is 4.89. The van der Waals surface area contributed by atoms with Gasteiger partial charge in [0.05, 0.1) is 11.0 Å². The lowest BCUT2D eigenvalue weighted by molar-refractivity contribution is -0.125. The molecule has 2 aliphatic rings. The number of aromatic nitrogens is 2. The number of rotatable bonds is 6. The van der Waals surface area contributed by atoms with E-state index in [9.17, 15) is 9.59 Å². The number of carbonyl (C=O) groups excluding carboxylic acids is 1. The first kappa shape index (κ1) is 21.8. The Morgan fingerprint density at radius 3 is 2.48 bits per heavy atom. The third-order valence-electron chi connectivity index (χ3n) is 6.74. The lowest BCUT2D eigenvalue weighted by Crippen LogP contribution is -2.44. The van der Waals surface area contributed by atoms with Crippen LogP contribution in [0.3, 0.4) is 0 Å². The number of fused-ring (bicyclic) bond motifs is 1. The number of benzene rings is 1. The molecular formula is C24H35N5O2. The lowest BCUT2D eigenvalue weighted by atomic mass is 9.96. The summed E-state index contributed by atoms with van der Waals surface area (Å²) in [6, 6.07) is 7.78. The van der Waals surface area contributed by atoms with E-state index in [-0.39, 0.29) is 17.4 Å². The molecule has 0 saturated carbocycles. The normalized spacial score (nSPS) is 18.8. The number of nitrogens with one attached hydrogen (secondary N) is 1. The minimum atomic E-state index is -0.0402. The molecule has 2 aromatic rings. The third kappa shape index (κ3) is 5.09. The summed E-state index contributed by atoms with van der Waals surface area (Å²) in [7, 11) is 0. The number of carbonyl (C=O) groups is 1. The van der Waals surface area contributed by atoms with Gasteiger partial charge in [0.2, 0.25) is 5.91 Å². The second-order valence-corrected chi connectivity index (χ2v) is 8.78. The number of likely N-dealkylation sites (tertiary alicyclic amines) is 1. The molecule has 2 saturated heterocycles. The number of aryl methyl sites for hydroxylation is 1. The van der Waals surface area contributed by atoms with Crippen molar-refractivity contribution in [3.8, 4) is 0 Å². The summed E-state index contributed by atoms with van der Waals surface area (Å²) in [5.74, 6) is 0.696. The van der Waals surface area contributed by atoms with Gasteiger partial charge in [0.1, 0.15) is 0 Å². The van der Waals surface area contributed by atoms with Crippen LogP contribution in [-0.2, 0) is 11.3 Å². The predicted molar refractivity (Wildman–Crippen MR) is 125 cm³/mol. The van der Waals surface area contributed by atoms with E-state index < -0.39 is 0 Å². The van der Waals surface area contributed by atoms with Gasteiger partial charge in [0.25, 0.3) is 5.56 Å². The first-order valence-electron chi connectivity index (χ1n) is 11.9. The molecule has 168 valence electrons. The summed E-state index contributed by atoms with van der Waals surface area (Å²) in [5, 5.41) is 3.15. The highest BCUT2D eigenvalue weighted by Crippen LogP contribution is 2.22. The number of amides is 1. The average molecular weight is 426 g/mol. The summed E-state index contributed by atoms with van der Waals surface area (Å²) in [5.41, 5.74) is 1.67. The number of nitrogens with zero attached hydrogens (tertiary/aromatic N) is 4. The van der Waals surface area contributed by atoms with Crippen LogP contribution >= 0.6 is 0 Å². The van der Waals surface area contributed by atoms with E-state index in [0.717, 1.165) is 50.1 Å². The van der Waals surface area contributed by atoms with Gasteiger partial charge in [-0.2, -0.15) is 0 Å². The smallest absolute Gasteiger partial charge is 0.293 e. The second-order valence-electron chi connectivity index (χ2n) is 8.78. The summed E-state index contributed by atoms with van der Waals surface area (Å²) >= 11 is 0. The minimum Gasteiger partial charge on any atom is -0.355 e. The Morgan fingerprint density at radius 2 is 1.77 bits per heavy atom. The van der Waals surface area contributed by atoms with Crippen LogP contribution in [0.15, 0.2) is 29.1 Å². The van der Waals surface area contributed by atoms with Crippen molar-refractivity contribution in [2.24, 2.45) is 5.92 Å². The SMILES string of the molecule is CCn1c(=O)c(N2CCC(C(=O)NCCN3CCCCCC3)CC2)nc2ccccc21. The second kappa shape index (κ2) is 10.3. The first-order chi connectivity index (χ1) is 15.2. The molecule has 0 radical (unpaired) electrons. The van der Waals surface area contributed by atoms with Crippen molar-refractivity contribution in [1.82, 2.24) is 19.8 Å². The molecule has 7 nitrogen and oxygen atoms in total. The van der Waals surface area contributed by atoms with Crippen LogP contribution in [0.2, 0.25) is 0 Å². The van der Waals surface area contributed by atoms with E-state index in [1.807, 2.05) is 31.2 Å². The predicted octanol–water partition coefficient (Wildman–Crippen LogP) is 2.63. The van der Waals surface area contributed by atoms with Crippen LogP contribution in [0.5, 0.6) is 0 Å². The van der Waals surface area contributed by atoms with Gasteiger partial charge in [-0.1, -0.05) is 25.0 Å². The molecule has 4 rings (SSSR count). The van der Waals surface area contributed by atoms with Gasteiger partial charge in [-0.05, 0) is 57.8 Å². The zero-order valence-corrected chi connectivity index (χ0v) is 18.7. The van der Waals surface area contributed by atoms with Gasteiger partial charge in [-0.15, -0.1) is 0 Å². The Labute approximate surface area is 184 Å². The standard InChI is InChI=1S/C24H35N5O2/c1-2-29-21-10-6-5-9-20(21)26-22(24(29)31)28-16-11-19(12-17-28)23(30)25-13-18-27-14-7-3-4-8-15-27/h5-6,9-10,19H,2-4,7-8,11-18H2,1H3,(H,25,30). The maximum absolute atomic E-state index is 13.0. The van der Waals surface area contributed by atoms with E-state index >= 15 is 0 Å². The number of anilines is 1. The Hall–Kier alpha value is -2.41. The van der Waals surface area contributed by atoms with Crippen LogP contribution < -0.4 is 15.8 Å². The van der Waals surface area contributed by atoms with Crippen molar-refractivity contribution in [2.75, 3.05) is 44.2 Å². The van der Waals surface area contributed by atoms with Gasteiger partial charge < -0.3 is 19.7 Å². The number of hydrogen-bond donors (Lipinski definition) is 1. The van der Waals surface area contributed by atoms with Crippen molar-refractivity contribution in [1.29, 1.82) is 0 Å². The largest absolute Gasteiger partial charge is 0.355 e. The van der Waals surface area contributed by atoms with Crippen molar-refractivity contribution < 1.29 is 4.79 Å². The maximum Gasteiger partial charge on any atom is 0.293 e. The first-order valence-corrected chi connectivity index (χ1v) is 11.9. The van der Waals surface area contributed by atoms with Crippen LogP contribution in [0.4, 0.5) is 5.82 Å². The van der Waals surface area contributed by atoms with E-state index in [1.54, 1.807) is 4.57 Å². The molecule has 0 atom stereocenters. The molecular weight excluding hydrogens is 390 g/mol. The molecule has 0 unspecified atom stereocenters. The summed E-state index contributed by atoms with van der Waals surface area (Å²) in [6.07, 6.45) is 6.72. The van der Waals surface area contributed by atoms with E-state index in [1.165, 1.54) is 25.7 Å². The van der Waals surface area contributed by atoms with Crippen molar-refractivity contribution >= 4 is 22.8 Å². The van der Waals surface area contributed by atoms with Crippen LogP contribution in [0.25, 0.3) is 11.0 Å². The zero-order valence-electron chi connectivity index (χ0n) is 18.7. The van der Waals surface area contributed by atoms with E-state index in [0.29, 0.717) is 25.5 Å². The van der Waals surface area contributed by atoms with Crippen LogP contribution in [0, 0.1) is 5.92 Å². The minimum absolute atomic E-state index is 0.0224. The van der Waals surface area contributed by atoms with Crippen molar-refractivity contribution in [3.63, 3.8) is 0 Å². The molecule has 0 aliphatic carbocycles.